The minimum absolute atomic E-state index is 0.0450. The summed E-state index contributed by atoms with van der Waals surface area (Å²) < 4.78 is 31.6. The Balaban J connectivity index is 1.50. The molecule has 3 aliphatic rings. The quantitative estimate of drug-likeness (QED) is 0.387. The number of hydrogen-bond acceptors (Lipinski definition) is 5. The Morgan fingerprint density at radius 1 is 1.20 bits per heavy atom. The minimum Gasteiger partial charge on any atom is -0.481 e. The van der Waals surface area contributed by atoms with E-state index in [9.17, 15) is 14.3 Å². The molecule has 0 amide bonds. The molecule has 0 radical (unpaired) electrons. The van der Waals surface area contributed by atoms with E-state index >= 15 is 4.39 Å². The molecule has 0 saturated heterocycles. The number of aromatic nitrogens is 5. The highest BCUT2D eigenvalue weighted by Crippen LogP contribution is 2.46. The predicted molar refractivity (Wildman–Crippen MR) is 125 cm³/mol. The number of aliphatic carboxylic acids is 1. The number of rotatable bonds is 5. The Bertz CT molecular complexity index is 1440. The molecule has 0 spiro atoms. The van der Waals surface area contributed by atoms with Crippen LogP contribution in [0.5, 0.6) is 0 Å². The van der Waals surface area contributed by atoms with Gasteiger partial charge in [-0.3, -0.25) is 4.79 Å². The van der Waals surface area contributed by atoms with Crippen molar-refractivity contribution in [3.8, 4) is 22.6 Å². The van der Waals surface area contributed by atoms with Crippen LogP contribution >= 0.6 is 0 Å². The summed E-state index contributed by atoms with van der Waals surface area (Å²) in [5.41, 5.74) is 1.58. The maximum Gasteiger partial charge on any atom is 0.308 e. The highest BCUT2D eigenvalue weighted by atomic mass is 19.1. The van der Waals surface area contributed by atoms with Gasteiger partial charge in [-0.05, 0) is 49.7 Å². The van der Waals surface area contributed by atoms with Crippen molar-refractivity contribution in [2.24, 2.45) is 24.8 Å². The van der Waals surface area contributed by atoms with Gasteiger partial charge in [0.25, 0.3) is 0 Å². The van der Waals surface area contributed by atoms with Crippen molar-refractivity contribution in [1.29, 1.82) is 0 Å². The first-order chi connectivity index (χ1) is 16.9. The Morgan fingerprint density at radius 2 is 1.97 bits per heavy atom. The number of carbonyl (C=O) groups is 1. The van der Waals surface area contributed by atoms with Crippen LogP contribution in [0, 0.1) is 29.4 Å². The lowest BCUT2D eigenvalue weighted by Gasteiger charge is -2.47. The van der Waals surface area contributed by atoms with Crippen molar-refractivity contribution in [1.82, 2.24) is 24.5 Å². The Labute approximate surface area is 199 Å². The molecule has 35 heavy (non-hydrogen) atoms. The molecule has 4 heterocycles. The van der Waals surface area contributed by atoms with Gasteiger partial charge in [0.05, 0.1) is 12.1 Å². The molecule has 4 aromatic heterocycles. The summed E-state index contributed by atoms with van der Waals surface area (Å²) in [5.74, 6) is -2.28. The van der Waals surface area contributed by atoms with Gasteiger partial charge in [-0.15, -0.1) is 0 Å². The summed E-state index contributed by atoms with van der Waals surface area (Å²) in [7, 11) is 1.83. The number of halogens is 2. The number of aryl methyl sites for hydroxylation is 1. The van der Waals surface area contributed by atoms with Crippen LogP contribution in [0.4, 0.5) is 14.6 Å². The molecule has 10 heteroatoms. The van der Waals surface area contributed by atoms with Gasteiger partial charge in [0.2, 0.25) is 0 Å². The van der Waals surface area contributed by atoms with E-state index in [2.05, 4.69) is 25.3 Å². The van der Waals surface area contributed by atoms with Crippen LogP contribution in [0.15, 0.2) is 36.9 Å². The number of pyridine rings is 1. The second-order valence-corrected chi connectivity index (χ2v) is 9.59. The van der Waals surface area contributed by atoms with Crippen LogP contribution in [-0.4, -0.2) is 41.6 Å². The lowest BCUT2D eigenvalue weighted by Crippen LogP contribution is -2.51. The Hall–Kier alpha value is -3.82. The SMILES string of the molecule is Cn1ccc(-c2nc(-c3c[nH]c4ncc(F)cc34)nc(NC3C4CCC(CC4)C3C(=O)O)c2F)c1. The van der Waals surface area contributed by atoms with Crippen LogP contribution in [0.2, 0.25) is 0 Å². The first-order valence-electron chi connectivity index (χ1n) is 11.7. The van der Waals surface area contributed by atoms with Gasteiger partial charge in [0, 0.05) is 48.2 Å². The minimum atomic E-state index is -0.868. The molecule has 2 atom stereocenters. The fourth-order valence-electron chi connectivity index (χ4n) is 5.83. The topological polar surface area (TPSA) is 109 Å². The monoisotopic (exact) mass is 478 g/mol. The van der Waals surface area contributed by atoms with Gasteiger partial charge in [-0.1, -0.05) is 0 Å². The summed E-state index contributed by atoms with van der Waals surface area (Å²) in [6, 6.07) is 2.65. The van der Waals surface area contributed by atoms with E-state index in [1.807, 2.05) is 7.05 Å². The van der Waals surface area contributed by atoms with Crippen LogP contribution in [0.3, 0.4) is 0 Å². The molecule has 2 unspecified atom stereocenters. The molecule has 2 bridgehead atoms. The molecule has 3 aliphatic carbocycles. The number of fused-ring (bicyclic) bond motifs is 4. The van der Waals surface area contributed by atoms with Crippen molar-refractivity contribution in [3.63, 3.8) is 0 Å². The highest BCUT2D eigenvalue weighted by Gasteiger charge is 2.47. The third-order valence-electron chi connectivity index (χ3n) is 7.50. The lowest BCUT2D eigenvalue weighted by molar-refractivity contribution is -0.148. The van der Waals surface area contributed by atoms with Crippen molar-refractivity contribution in [2.75, 3.05) is 5.32 Å². The van der Waals surface area contributed by atoms with Crippen LogP contribution in [0.25, 0.3) is 33.7 Å². The Kier molecular flexibility index (Phi) is 5.05. The number of anilines is 1. The molecule has 4 aromatic rings. The fraction of sp³-hybridized carbons (Fsp3) is 0.360. The third kappa shape index (κ3) is 3.64. The molecular formula is C25H24F2N6O2. The zero-order valence-corrected chi connectivity index (χ0v) is 19.0. The van der Waals surface area contributed by atoms with Crippen molar-refractivity contribution in [3.05, 3.63) is 48.6 Å². The summed E-state index contributed by atoms with van der Waals surface area (Å²) >= 11 is 0. The van der Waals surface area contributed by atoms with Crippen LogP contribution in [-0.2, 0) is 11.8 Å². The molecule has 180 valence electrons. The van der Waals surface area contributed by atoms with Crippen molar-refractivity contribution >= 4 is 22.8 Å². The molecule has 3 fully saturated rings. The van der Waals surface area contributed by atoms with E-state index < -0.39 is 29.6 Å². The molecule has 8 nitrogen and oxygen atoms in total. The lowest BCUT2D eigenvalue weighted by atomic mass is 9.61. The largest absolute Gasteiger partial charge is 0.481 e. The first-order valence-corrected chi connectivity index (χ1v) is 11.7. The van der Waals surface area contributed by atoms with E-state index in [4.69, 9.17) is 0 Å². The number of carboxylic acid groups (broad SMARTS) is 1. The first kappa shape index (κ1) is 21.7. The van der Waals surface area contributed by atoms with E-state index in [-0.39, 0.29) is 29.2 Å². The van der Waals surface area contributed by atoms with Gasteiger partial charge < -0.3 is 20.0 Å². The zero-order chi connectivity index (χ0) is 24.3. The molecule has 0 aromatic carbocycles. The molecule has 3 saturated carbocycles. The smallest absolute Gasteiger partial charge is 0.308 e. The second kappa shape index (κ2) is 8.14. The molecule has 7 rings (SSSR count). The van der Waals surface area contributed by atoms with E-state index in [1.54, 1.807) is 29.2 Å². The van der Waals surface area contributed by atoms with E-state index in [1.165, 1.54) is 6.07 Å². The van der Waals surface area contributed by atoms with Gasteiger partial charge in [0.15, 0.2) is 17.5 Å². The zero-order valence-electron chi connectivity index (χ0n) is 19.0. The van der Waals surface area contributed by atoms with Crippen LogP contribution in [0.1, 0.15) is 25.7 Å². The average molecular weight is 479 g/mol. The predicted octanol–water partition coefficient (Wildman–Crippen LogP) is 4.60. The summed E-state index contributed by atoms with van der Waals surface area (Å²) in [5, 5.41) is 13.6. The molecule has 3 N–H and O–H groups in total. The summed E-state index contributed by atoms with van der Waals surface area (Å²) in [4.78, 5) is 28.2. The van der Waals surface area contributed by atoms with Crippen LogP contribution < -0.4 is 5.32 Å². The Morgan fingerprint density at radius 3 is 2.69 bits per heavy atom. The number of H-pyrrole nitrogens is 1. The fourth-order valence-corrected chi connectivity index (χ4v) is 5.83. The third-order valence-corrected chi connectivity index (χ3v) is 7.50. The second-order valence-electron chi connectivity index (χ2n) is 9.59. The normalized spacial score (nSPS) is 23.6. The van der Waals surface area contributed by atoms with Gasteiger partial charge in [-0.2, -0.15) is 0 Å². The van der Waals surface area contributed by atoms with E-state index in [0.717, 1.165) is 31.9 Å². The number of nitrogens with zero attached hydrogens (tertiary/aromatic N) is 4. The van der Waals surface area contributed by atoms with Gasteiger partial charge >= 0.3 is 5.97 Å². The van der Waals surface area contributed by atoms with Gasteiger partial charge in [0.1, 0.15) is 17.2 Å². The van der Waals surface area contributed by atoms with Crippen molar-refractivity contribution in [2.45, 2.75) is 31.7 Å². The number of hydrogen-bond donors (Lipinski definition) is 3. The van der Waals surface area contributed by atoms with E-state index in [0.29, 0.717) is 22.2 Å². The average Bonchev–Trinajstić information content (AvgIpc) is 3.46. The van der Waals surface area contributed by atoms with Crippen molar-refractivity contribution < 1.29 is 18.7 Å². The number of carboxylic acids is 1. The number of aromatic amines is 1. The molecular weight excluding hydrogens is 454 g/mol. The maximum atomic E-state index is 15.9. The summed E-state index contributed by atoms with van der Waals surface area (Å²) in [6.45, 7) is 0. The number of nitrogens with one attached hydrogen (secondary N) is 2. The summed E-state index contributed by atoms with van der Waals surface area (Å²) in [6.07, 6.45) is 9.83. The highest BCUT2D eigenvalue weighted by molar-refractivity contribution is 5.92. The maximum absolute atomic E-state index is 15.9. The molecule has 0 aliphatic heterocycles. The standard InChI is InChI=1S/C25H24F2N6O2/c1-33-7-6-14(11-33)21-19(27)24(30-20-13-4-2-12(3-5-13)18(20)25(34)35)32-23(31-21)17-10-29-22-16(17)8-15(26)9-28-22/h6-13,18,20H,2-5H2,1H3,(H,28,29)(H,34,35)(H,30,31,32). The van der Waals surface area contributed by atoms with Gasteiger partial charge in [-0.25, -0.2) is 23.7 Å².